The number of carbonyl (C=O) groups excluding carboxylic acids is 1. The number of urea groups is 1. The highest BCUT2D eigenvalue weighted by molar-refractivity contribution is 6.32. The van der Waals surface area contributed by atoms with Crippen molar-refractivity contribution in [2.24, 2.45) is 0 Å². The van der Waals surface area contributed by atoms with E-state index in [0.29, 0.717) is 45.2 Å². The van der Waals surface area contributed by atoms with Gasteiger partial charge in [-0.1, -0.05) is 30.9 Å². The van der Waals surface area contributed by atoms with Gasteiger partial charge in [-0.15, -0.1) is 0 Å². The number of nitrogens with zero attached hydrogens (tertiary/aromatic N) is 3. The number of nitrogens with one attached hydrogen (secondary N) is 4. The average molecular weight is 508 g/mol. The second-order valence-electron chi connectivity index (χ2n) is 8.63. The maximum Gasteiger partial charge on any atom is 0.324 e. The van der Waals surface area contributed by atoms with Gasteiger partial charge >= 0.3 is 12.0 Å². The van der Waals surface area contributed by atoms with Gasteiger partial charge in [-0.05, 0) is 50.1 Å². The smallest absolute Gasteiger partial charge is 0.324 e. The predicted octanol–water partition coefficient (Wildman–Crippen LogP) is 6.41. The lowest BCUT2D eigenvalue weighted by molar-refractivity contribution is 0.244. The van der Waals surface area contributed by atoms with Crippen molar-refractivity contribution in [1.29, 1.82) is 0 Å². The first-order valence-electron chi connectivity index (χ1n) is 11.8. The van der Waals surface area contributed by atoms with Crippen molar-refractivity contribution in [3.63, 3.8) is 0 Å². The van der Waals surface area contributed by atoms with E-state index < -0.39 is 0 Å². The molecule has 3 heterocycles. The van der Waals surface area contributed by atoms with Crippen molar-refractivity contribution in [2.75, 3.05) is 10.6 Å². The lowest BCUT2D eigenvalue weighted by Gasteiger charge is -2.22. The van der Waals surface area contributed by atoms with Crippen LogP contribution in [0.3, 0.4) is 0 Å². The van der Waals surface area contributed by atoms with E-state index in [-0.39, 0.29) is 18.1 Å². The number of hydrogen-bond acceptors (Lipinski definition) is 7. The second kappa shape index (κ2) is 10.7. The van der Waals surface area contributed by atoms with Crippen LogP contribution in [0.5, 0.6) is 11.8 Å². The molecule has 36 heavy (non-hydrogen) atoms. The van der Waals surface area contributed by atoms with Crippen LogP contribution in [0.2, 0.25) is 5.02 Å². The first-order chi connectivity index (χ1) is 17.5. The number of carbonyl (C=O) groups is 1. The number of furan rings is 1. The van der Waals surface area contributed by atoms with Crippen molar-refractivity contribution in [1.82, 2.24) is 25.5 Å². The first kappa shape index (κ1) is 23.7. The summed E-state index contributed by atoms with van der Waals surface area (Å²) in [6.45, 7) is 1.83. The summed E-state index contributed by atoms with van der Waals surface area (Å²) in [5.41, 5.74) is 1.93. The molecule has 1 aliphatic carbocycles. The Morgan fingerprint density at radius 2 is 2.00 bits per heavy atom. The molecular weight excluding hydrogens is 482 g/mol. The normalized spacial score (nSPS) is 13.8. The minimum absolute atomic E-state index is 0.126. The second-order valence-corrected chi connectivity index (χ2v) is 9.03. The maximum absolute atomic E-state index is 12.3. The van der Waals surface area contributed by atoms with E-state index in [1.54, 1.807) is 36.6 Å². The Bertz CT molecular complexity index is 1330. The highest BCUT2D eigenvalue weighted by Gasteiger charge is 2.16. The van der Waals surface area contributed by atoms with Gasteiger partial charge in [0.15, 0.2) is 5.76 Å². The molecule has 1 fully saturated rings. The standard InChI is InChI=1S/C25H26ClN7O3/c1-15-12-22(30-23-14-19(32-33-23)21-8-5-11-35-21)31-25(27-15)36-20-10-9-17(13-18(20)26)29-24(34)28-16-6-3-2-4-7-16/h5,8-14,16H,2-4,6-7H2,1H3,(H2,28,29,34)(H2,27,30,31,32,33). The van der Waals surface area contributed by atoms with Gasteiger partial charge in [-0.25, -0.2) is 9.78 Å². The van der Waals surface area contributed by atoms with Gasteiger partial charge < -0.3 is 25.1 Å². The molecule has 1 aromatic carbocycles. The zero-order valence-electron chi connectivity index (χ0n) is 19.7. The van der Waals surface area contributed by atoms with Gasteiger partial charge in [-0.3, -0.25) is 5.10 Å². The molecule has 1 aliphatic rings. The number of amides is 2. The van der Waals surface area contributed by atoms with Crippen molar-refractivity contribution < 1.29 is 13.9 Å². The summed E-state index contributed by atoms with van der Waals surface area (Å²) < 4.78 is 11.2. The Balaban J connectivity index is 1.23. The number of halogens is 1. The Morgan fingerprint density at radius 1 is 1.14 bits per heavy atom. The summed E-state index contributed by atoms with van der Waals surface area (Å²) in [5.74, 6) is 2.17. The molecule has 0 atom stereocenters. The average Bonchev–Trinajstić information content (AvgIpc) is 3.53. The molecule has 5 rings (SSSR count). The molecule has 4 N–H and O–H groups in total. The van der Waals surface area contributed by atoms with Crippen molar-refractivity contribution in [3.05, 3.63) is 59.4 Å². The van der Waals surface area contributed by atoms with Crippen LogP contribution in [0.4, 0.5) is 22.1 Å². The maximum atomic E-state index is 12.3. The molecule has 2 amide bonds. The molecule has 0 radical (unpaired) electrons. The number of H-pyrrole nitrogens is 1. The fraction of sp³-hybridized carbons (Fsp3) is 0.280. The molecule has 11 heteroatoms. The van der Waals surface area contributed by atoms with Gasteiger partial charge in [0, 0.05) is 29.6 Å². The van der Waals surface area contributed by atoms with E-state index in [1.165, 1.54) is 6.42 Å². The third-order valence-electron chi connectivity index (χ3n) is 5.78. The minimum Gasteiger partial charge on any atom is -0.463 e. The molecule has 1 saturated carbocycles. The van der Waals surface area contributed by atoms with E-state index in [4.69, 9.17) is 20.8 Å². The highest BCUT2D eigenvalue weighted by Crippen LogP contribution is 2.31. The lowest BCUT2D eigenvalue weighted by Crippen LogP contribution is -2.39. The molecular formula is C25H26ClN7O3. The van der Waals surface area contributed by atoms with Crippen LogP contribution in [0.1, 0.15) is 37.8 Å². The van der Waals surface area contributed by atoms with Crippen LogP contribution in [-0.2, 0) is 0 Å². The lowest BCUT2D eigenvalue weighted by atomic mass is 9.96. The number of anilines is 3. The largest absolute Gasteiger partial charge is 0.463 e. The Kier molecular flexibility index (Phi) is 7.03. The Morgan fingerprint density at radius 3 is 2.78 bits per heavy atom. The van der Waals surface area contributed by atoms with Crippen molar-refractivity contribution in [2.45, 2.75) is 45.1 Å². The molecule has 4 aromatic rings. The van der Waals surface area contributed by atoms with E-state index in [2.05, 4.69) is 36.1 Å². The number of rotatable bonds is 7. The topological polar surface area (TPSA) is 130 Å². The summed E-state index contributed by atoms with van der Waals surface area (Å²) >= 11 is 6.43. The number of benzene rings is 1. The van der Waals surface area contributed by atoms with Gasteiger partial charge in [0.05, 0.1) is 11.3 Å². The summed E-state index contributed by atoms with van der Waals surface area (Å²) in [7, 11) is 0. The molecule has 186 valence electrons. The van der Waals surface area contributed by atoms with Crippen LogP contribution in [0.25, 0.3) is 11.5 Å². The third kappa shape index (κ3) is 5.95. The van der Waals surface area contributed by atoms with Crippen LogP contribution >= 0.6 is 11.6 Å². The van der Waals surface area contributed by atoms with Gasteiger partial charge in [0.25, 0.3) is 0 Å². The van der Waals surface area contributed by atoms with Crippen LogP contribution in [0, 0.1) is 6.92 Å². The summed E-state index contributed by atoms with van der Waals surface area (Å²) in [6.07, 6.45) is 7.15. The van der Waals surface area contributed by atoms with Gasteiger partial charge in [0.2, 0.25) is 0 Å². The number of aromatic amines is 1. The van der Waals surface area contributed by atoms with E-state index in [9.17, 15) is 4.79 Å². The van der Waals surface area contributed by atoms with Crippen LogP contribution in [0.15, 0.2) is 53.1 Å². The monoisotopic (exact) mass is 507 g/mol. The number of ether oxygens (including phenoxy) is 1. The van der Waals surface area contributed by atoms with Crippen molar-refractivity contribution in [3.8, 4) is 23.2 Å². The van der Waals surface area contributed by atoms with E-state index in [1.807, 2.05) is 19.1 Å². The van der Waals surface area contributed by atoms with Crippen LogP contribution < -0.4 is 20.7 Å². The molecule has 3 aromatic heterocycles. The van der Waals surface area contributed by atoms with Crippen molar-refractivity contribution >= 4 is 35.0 Å². The number of aromatic nitrogens is 4. The number of hydrogen-bond donors (Lipinski definition) is 4. The predicted molar refractivity (Wildman–Crippen MR) is 137 cm³/mol. The molecule has 0 aliphatic heterocycles. The van der Waals surface area contributed by atoms with Gasteiger partial charge in [-0.2, -0.15) is 10.1 Å². The third-order valence-corrected chi connectivity index (χ3v) is 6.07. The van der Waals surface area contributed by atoms with E-state index in [0.717, 1.165) is 25.7 Å². The van der Waals surface area contributed by atoms with E-state index >= 15 is 0 Å². The fourth-order valence-corrected chi connectivity index (χ4v) is 4.30. The Hall–Kier alpha value is -4.05. The fourth-order valence-electron chi connectivity index (χ4n) is 4.08. The summed E-state index contributed by atoms with van der Waals surface area (Å²) in [6, 6.07) is 12.3. The molecule has 0 bridgehead atoms. The number of aryl methyl sites for hydroxylation is 1. The zero-order chi connectivity index (χ0) is 24.9. The molecule has 0 spiro atoms. The Labute approximate surface area is 212 Å². The van der Waals surface area contributed by atoms with Gasteiger partial charge in [0.1, 0.15) is 23.1 Å². The molecule has 0 saturated heterocycles. The summed E-state index contributed by atoms with van der Waals surface area (Å²) in [5, 5.41) is 16.5. The first-order valence-corrected chi connectivity index (χ1v) is 12.2. The highest BCUT2D eigenvalue weighted by atomic mass is 35.5. The minimum atomic E-state index is -0.238. The SMILES string of the molecule is Cc1cc(Nc2cc(-c3ccco3)n[nH]2)nc(Oc2ccc(NC(=O)NC3CCCCC3)cc2Cl)n1. The molecule has 10 nitrogen and oxygen atoms in total. The zero-order valence-corrected chi connectivity index (χ0v) is 20.4. The summed E-state index contributed by atoms with van der Waals surface area (Å²) in [4.78, 5) is 21.1. The quantitative estimate of drug-likeness (QED) is 0.227. The van der Waals surface area contributed by atoms with Crippen LogP contribution in [-0.4, -0.2) is 32.2 Å². The molecule has 0 unspecified atom stereocenters.